The van der Waals surface area contributed by atoms with E-state index in [9.17, 15) is 22.8 Å². The van der Waals surface area contributed by atoms with Crippen molar-refractivity contribution in [2.24, 2.45) is 5.92 Å². The van der Waals surface area contributed by atoms with Crippen LogP contribution in [0.1, 0.15) is 18.4 Å². The Bertz CT molecular complexity index is 496. The predicted octanol–water partition coefficient (Wildman–Crippen LogP) is 3.53. The molecule has 0 radical (unpaired) electrons. The summed E-state index contributed by atoms with van der Waals surface area (Å²) in [5, 5.41) is 9.23. The smallest absolute Gasteiger partial charge is 0.288 e. The molecule has 1 aliphatic heterocycles. The van der Waals surface area contributed by atoms with Crippen LogP contribution in [0.4, 0.5) is 17.6 Å². The van der Waals surface area contributed by atoms with Gasteiger partial charge >= 0.3 is 6.18 Å². The van der Waals surface area contributed by atoms with E-state index in [1.807, 2.05) is 0 Å². The second kappa shape index (κ2) is 6.44. The zero-order valence-corrected chi connectivity index (χ0v) is 11.4. The Labute approximate surface area is 121 Å². The fourth-order valence-corrected chi connectivity index (χ4v) is 2.64. The molecule has 1 aliphatic rings. The number of hydrogen-bond donors (Lipinski definition) is 0. The second-order valence-electron chi connectivity index (χ2n) is 5.33. The summed E-state index contributed by atoms with van der Waals surface area (Å²) in [5.41, 5.74) is 0.806. The highest BCUT2D eigenvalue weighted by atomic mass is 19.4. The van der Waals surface area contributed by atoms with Gasteiger partial charge in [0, 0.05) is 6.42 Å². The number of halogens is 4. The van der Waals surface area contributed by atoms with Gasteiger partial charge in [0.15, 0.2) is 0 Å². The Morgan fingerprint density at radius 2 is 1.76 bits per heavy atom. The maximum absolute atomic E-state index is 12.8. The maximum atomic E-state index is 12.8. The van der Waals surface area contributed by atoms with Gasteiger partial charge < -0.3 is 0 Å². The summed E-state index contributed by atoms with van der Waals surface area (Å²) in [6.07, 6.45) is -3.69. The van der Waals surface area contributed by atoms with Gasteiger partial charge in [-0.3, -0.25) is 4.90 Å². The van der Waals surface area contributed by atoms with E-state index < -0.39 is 18.1 Å². The van der Waals surface area contributed by atoms with Gasteiger partial charge in [-0.25, -0.2) is 4.39 Å². The molecule has 0 saturated carbocycles. The Hall–Kier alpha value is -1.61. The van der Waals surface area contributed by atoms with Crippen molar-refractivity contribution in [3.63, 3.8) is 0 Å². The minimum Gasteiger partial charge on any atom is -0.288 e. The molecule has 0 spiro atoms. The molecule has 0 unspecified atom stereocenters. The molecular weight excluding hydrogens is 284 g/mol. The molecule has 2 rings (SSSR count). The predicted molar refractivity (Wildman–Crippen MR) is 69.9 cm³/mol. The molecule has 114 valence electrons. The van der Waals surface area contributed by atoms with E-state index in [4.69, 9.17) is 0 Å². The summed E-state index contributed by atoms with van der Waals surface area (Å²) >= 11 is 0. The minimum atomic E-state index is -4.15. The van der Waals surface area contributed by atoms with Gasteiger partial charge in [-0.15, -0.1) is 0 Å². The standard InChI is InChI=1S/C15H16F4N2/c16-13-3-1-11(2-4-13)9-14(10-20)21-7-5-12(6-8-21)15(17,18)19/h1-4,12,14H,5-9H2/t14-/m1/s1. The van der Waals surface area contributed by atoms with Crippen molar-refractivity contribution in [1.82, 2.24) is 4.90 Å². The van der Waals surface area contributed by atoms with Gasteiger partial charge in [0.2, 0.25) is 0 Å². The van der Waals surface area contributed by atoms with E-state index in [0.717, 1.165) is 5.56 Å². The molecule has 0 N–H and O–H groups in total. The molecule has 21 heavy (non-hydrogen) atoms. The number of nitrogens with zero attached hydrogens (tertiary/aromatic N) is 2. The second-order valence-corrected chi connectivity index (χ2v) is 5.33. The fourth-order valence-electron chi connectivity index (χ4n) is 2.64. The van der Waals surface area contributed by atoms with Gasteiger partial charge in [-0.1, -0.05) is 12.1 Å². The van der Waals surface area contributed by atoms with E-state index in [2.05, 4.69) is 6.07 Å². The Morgan fingerprint density at radius 1 is 1.19 bits per heavy atom. The Balaban J connectivity index is 1.94. The number of benzene rings is 1. The average Bonchev–Trinajstić information content (AvgIpc) is 2.46. The van der Waals surface area contributed by atoms with Gasteiger partial charge in [0.05, 0.1) is 12.0 Å². The van der Waals surface area contributed by atoms with Crippen molar-refractivity contribution in [2.75, 3.05) is 13.1 Å². The van der Waals surface area contributed by atoms with Crippen LogP contribution in [0.5, 0.6) is 0 Å². The average molecular weight is 300 g/mol. The third kappa shape index (κ3) is 4.18. The van der Waals surface area contributed by atoms with E-state index in [-0.39, 0.29) is 31.7 Å². The Kier molecular flexibility index (Phi) is 4.84. The third-order valence-electron chi connectivity index (χ3n) is 3.92. The molecule has 0 bridgehead atoms. The number of hydrogen-bond acceptors (Lipinski definition) is 2. The van der Waals surface area contributed by atoms with Crippen LogP contribution in [0.3, 0.4) is 0 Å². The summed E-state index contributed by atoms with van der Waals surface area (Å²) in [7, 11) is 0. The zero-order chi connectivity index (χ0) is 15.5. The first-order valence-corrected chi connectivity index (χ1v) is 6.85. The summed E-state index contributed by atoms with van der Waals surface area (Å²) in [6, 6.07) is 7.51. The van der Waals surface area contributed by atoms with E-state index >= 15 is 0 Å². The van der Waals surface area contributed by atoms with Crippen molar-refractivity contribution in [2.45, 2.75) is 31.5 Å². The topological polar surface area (TPSA) is 27.0 Å². The molecule has 1 atom stereocenters. The van der Waals surface area contributed by atoms with Gasteiger partial charge in [-0.05, 0) is 43.6 Å². The van der Waals surface area contributed by atoms with E-state index in [0.29, 0.717) is 6.42 Å². The lowest BCUT2D eigenvalue weighted by Crippen LogP contribution is -2.44. The fraction of sp³-hybridized carbons (Fsp3) is 0.533. The quantitative estimate of drug-likeness (QED) is 0.798. The first kappa shape index (κ1) is 15.8. The van der Waals surface area contributed by atoms with Crippen molar-refractivity contribution >= 4 is 0 Å². The number of alkyl halides is 3. The molecule has 2 nitrogen and oxygen atoms in total. The lowest BCUT2D eigenvalue weighted by Gasteiger charge is -2.35. The summed E-state index contributed by atoms with van der Waals surface area (Å²) in [6.45, 7) is 0.535. The molecule has 1 saturated heterocycles. The zero-order valence-electron chi connectivity index (χ0n) is 11.4. The van der Waals surface area contributed by atoms with Crippen LogP contribution in [0.2, 0.25) is 0 Å². The molecule has 0 aliphatic carbocycles. The molecule has 1 aromatic rings. The molecular formula is C15H16F4N2. The summed E-state index contributed by atoms with van der Waals surface area (Å²) in [5.74, 6) is -1.61. The first-order chi connectivity index (χ1) is 9.90. The highest BCUT2D eigenvalue weighted by Gasteiger charge is 2.41. The van der Waals surface area contributed by atoms with E-state index in [1.54, 1.807) is 17.0 Å². The minimum absolute atomic E-state index is 0.0328. The lowest BCUT2D eigenvalue weighted by atomic mass is 9.94. The van der Waals surface area contributed by atoms with Crippen LogP contribution < -0.4 is 0 Å². The Morgan fingerprint density at radius 3 is 2.24 bits per heavy atom. The molecule has 1 fully saturated rings. The molecule has 0 aromatic heterocycles. The normalized spacial score (nSPS) is 19.2. The van der Waals surface area contributed by atoms with Crippen molar-refractivity contribution < 1.29 is 17.6 Å². The van der Waals surface area contributed by atoms with Crippen molar-refractivity contribution in [3.05, 3.63) is 35.6 Å². The summed E-state index contributed by atoms with van der Waals surface area (Å²) in [4.78, 5) is 1.78. The van der Waals surface area contributed by atoms with Crippen LogP contribution in [-0.4, -0.2) is 30.2 Å². The van der Waals surface area contributed by atoms with Crippen LogP contribution in [0, 0.1) is 23.1 Å². The van der Waals surface area contributed by atoms with Crippen LogP contribution in [-0.2, 0) is 6.42 Å². The van der Waals surface area contributed by atoms with Gasteiger partial charge in [0.25, 0.3) is 0 Å². The maximum Gasteiger partial charge on any atom is 0.391 e. The third-order valence-corrected chi connectivity index (χ3v) is 3.92. The van der Waals surface area contributed by atoms with Crippen molar-refractivity contribution in [1.29, 1.82) is 5.26 Å². The molecule has 6 heteroatoms. The van der Waals surface area contributed by atoms with Crippen LogP contribution >= 0.6 is 0 Å². The van der Waals surface area contributed by atoms with Crippen LogP contribution in [0.15, 0.2) is 24.3 Å². The largest absolute Gasteiger partial charge is 0.391 e. The first-order valence-electron chi connectivity index (χ1n) is 6.85. The van der Waals surface area contributed by atoms with Gasteiger partial charge in [0.1, 0.15) is 11.9 Å². The molecule has 1 aromatic carbocycles. The lowest BCUT2D eigenvalue weighted by molar-refractivity contribution is -0.185. The number of rotatable bonds is 3. The van der Waals surface area contributed by atoms with Gasteiger partial charge in [-0.2, -0.15) is 18.4 Å². The van der Waals surface area contributed by atoms with Crippen molar-refractivity contribution in [3.8, 4) is 6.07 Å². The highest BCUT2D eigenvalue weighted by molar-refractivity contribution is 5.19. The summed E-state index contributed by atoms with van der Waals surface area (Å²) < 4.78 is 50.7. The number of nitriles is 1. The van der Waals surface area contributed by atoms with E-state index in [1.165, 1.54) is 12.1 Å². The SMILES string of the molecule is N#C[C@@H](Cc1ccc(F)cc1)N1CCC(C(F)(F)F)CC1. The molecule has 1 heterocycles. The highest BCUT2D eigenvalue weighted by Crippen LogP contribution is 2.34. The number of likely N-dealkylation sites (tertiary alicyclic amines) is 1. The monoisotopic (exact) mass is 300 g/mol. The number of piperidine rings is 1. The molecule has 0 amide bonds. The van der Waals surface area contributed by atoms with Crippen LogP contribution in [0.25, 0.3) is 0 Å².